The predicted octanol–water partition coefficient (Wildman–Crippen LogP) is 6.37. The summed E-state index contributed by atoms with van der Waals surface area (Å²) in [5, 5.41) is 1.21. The maximum Gasteiger partial charge on any atom is 0.698 e. The first kappa shape index (κ1) is 23.5. The van der Waals surface area contributed by atoms with Crippen LogP contribution in [0.25, 0.3) is 0 Å². The average molecular weight is 494 g/mol. The largest absolute Gasteiger partial charge is 0.698 e. The highest BCUT2D eigenvalue weighted by molar-refractivity contribution is 7.33. The monoisotopic (exact) mass is 493 g/mol. The van der Waals surface area contributed by atoms with Gasteiger partial charge in [-0.3, -0.25) is 9.59 Å². The second kappa shape index (κ2) is 9.70. The quantitative estimate of drug-likeness (QED) is 0.359. The van der Waals surface area contributed by atoms with Crippen LogP contribution in [0.5, 0.6) is 0 Å². The Kier molecular flexibility index (Phi) is 7.14. The Morgan fingerprint density at radius 3 is 1.34 bits per heavy atom. The van der Waals surface area contributed by atoms with Crippen molar-refractivity contribution in [3.8, 4) is 0 Å². The molecule has 168 valence electrons. The van der Waals surface area contributed by atoms with Crippen LogP contribution in [0.3, 0.4) is 0 Å². The maximum atomic E-state index is 12.9. The van der Waals surface area contributed by atoms with Gasteiger partial charge < -0.3 is 0 Å². The first-order valence-electron chi connectivity index (χ1n) is 10.7. The van der Waals surface area contributed by atoms with E-state index in [4.69, 9.17) is 32.2 Å². The maximum absolute atomic E-state index is 12.9. The summed E-state index contributed by atoms with van der Waals surface area (Å²) in [5.41, 5.74) is 0.536. The molecule has 0 aromatic heterocycles. The summed E-state index contributed by atoms with van der Waals surface area (Å²) in [4.78, 5) is 25.8. The molecule has 2 aliphatic carbocycles. The van der Waals surface area contributed by atoms with Crippen LogP contribution >= 0.6 is 31.5 Å². The van der Waals surface area contributed by atoms with Crippen molar-refractivity contribution in [3.63, 3.8) is 0 Å². The first-order chi connectivity index (χ1) is 15.4. The molecule has 0 bridgehead atoms. The molecule has 0 unspecified atom stereocenters. The van der Waals surface area contributed by atoms with Gasteiger partial charge in [0.15, 0.2) is 24.8 Å². The molecule has 0 radical (unpaired) electrons. The van der Waals surface area contributed by atoms with E-state index in [-0.39, 0.29) is 24.8 Å². The highest BCUT2D eigenvalue weighted by Gasteiger charge is 2.48. The summed E-state index contributed by atoms with van der Waals surface area (Å²) in [6, 6.07) is 14.4. The highest BCUT2D eigenvalue weighted by Crippen LogP contribution is 2.46. The number of hydrogen-bond donors (Lipinski definition) is 0. The molecule has 0 heterocycles. The molecule has 2 aromatic carbocycles. The minimum Gasteiger partial charge on any atom is -0.296 e. The van der Waals surface area contributed by atoms with Crippen molar-refractivity contribution in [1.82, 2.24) is 0 Å². The molecule has 0 atom stereocenters. The van der Waals surface area contributed by atoms with Crippen molar-refractivity contribution >= 4 is 43.0 Å². The second-order valence-corrected chi connectivity index (χ2v) is 10.3. The molecular formula is C24H24Cl2O5P+. The zero-order chi connectivity index (χ0) is 22.8. The van der Waals surface area contributed by atoms with Gasteiger partial charge in [0.25, 0.3) is 0 Å². The summed E-state index contributed by atoms with van der Waals surface area (Å²) in [6.07, 6.45) is 4.76. The number of hydrogen-bond acceptors (Lipinski definition) is 5. The molecule has 0 spiro atoms. The molecule has 2 aliphatic rings. The van der Waals surface area contributed by atoms with Crippen LogP contribution in [0.4, 0.5) is 0 Å². The number of carbonyl (C=O) groups is 2. The zero-order valence-electron chi connectivity index (χ0n) is 17.5. The summed E-state index contributed by atoms with van der Waals surface area (Å²) >= 11 is 11.9. The lowest BCUT2D eigenvalue weighted by molar-refractivity contribution is -0.130. The third kappa shape index (κ3) is 4.55. The molecule has 32 heavy (non-hydrogen) atoms. The third-order valence-corrected chi connectivity index (χ3v) is 8.06. The van der Waals surface area contributed by atoms with Gasteiger partial charge in [-0.1, -0.05) is 60.3 Å². The van der Waals surface area contributed by atoms with Gasteiger partial charge in [-0.2, -0.15) is 0 Å². The Labute approximate surface area is 198 Å². The van der Waals surface area contributed by atoms with Gasteiger partial charge in [0.2, 0.25) is 0 Å². The van der Waals surface area contributed by atoms with Crippen molar-refractivity contribution in [3.05, 3.63) is 69.7 Å². The molecule has 5 nitrogen and oxygen atoms in total. The summed E-state index contributed by atoms with van der Waals surface area (Å²) in [7, 11) is -2.58. The fourth-order valence-corrected chi connectivity index (χ4v) is 5.36. The normalized spacial score (nSPS) is 18.3. The standard InChI is InChI=1S/C24H24Cl2O5P/c25-19-7-3-17(4-8-19)23(11-1-12-23)21(27)15-30-32(29)31-16-22(28)24(13-2-14-24)18-5-9-20(26)10-6-18/h3-10H,1-2,11-16H2/q+1. The van der Waals surface area contributed by atoms with Gasteiger partial charge in [-0.15, -0.1) is 9.05 Å². The van der Waals surface area contributed by atoms with Gasteiger partial charge in [0.05, 0.1) is 10.8 Å². The van der Waals surface area contributed by atoms with Crippen LogP contribution < -0.4 is 0 Å². The Morgan fingerprint density at radius 2 is 1.06 bits per heavy atom. The lowest BCUT2D eigenvalue weighted by atomic mass is 9.62. The molecule has 0 N–H and O–H groups in total. The van der Waals surface area contributed by atoms with E-state index in [0.717, 1.165) is 49.7 Å². The fourth-order valence-electron chi connectivity index (χ4n) is 4.59. The molecule has 2 fully saturated rings. The first-order valence-corrected chi connectivity index (χ1v) is 12.5. The van der Waals surface area contributed by atoms with E-state index < -0.39 is 19.1 Å². The molecule has 2 saturated carbocycles. The van der Waals surface area contributed by atoms with Gasteiger partial charge >= 0.3 is 8.25 Å². The van der Waals surface area contributed by atoms with Crippen molar-refractivity contribution in [2.75, 3.05) is 13.2 Å². The van der Waals surface area contributed by atoms with Crippen molar-refractivity contribution in [1.29, 1.82) is 0 Å². The van der Waals surface area contributed by atoms with E-state index in [1.165, 1.54) is 0 Å². The number of rotatable bonds is 10. The molecule has 8 heteroatoms. The molecule has 0 saturated heterocycles. The minimum atomic E-state index is -2.58. The Bertz CT molecular complexity index is 930. The van der Waals surface area contributed by atoms with Crippen molar-refractivity contribution in [2.24, 2.45) is 0 Å². The van der Waals surface area contributed by atoms with E-state index in [1.807, 2.05) is 24.3 Å². The van der Waals surface area contributed by atoms with Crippen molar-refractivity contribution < 1.29 is 23.2 Å². The van der Waals surface area contributed by atoms with Crippen LogP contribution in [0, 0.1) is 0 Å². The molecular weight excluding hydrogens is 470 g/mol. The highest BCUT2D eigenvalue weighted by atomic mass is 35.5. The second-order valence-electron chi connectivity index (χ2n) is 8.50. The van der Waals surface area contributed by atoms with E-state index in [2.05, 4.69) is 0 Å². The van der Waals surface area contributed by atoms with Gasteiger partial charge in [0, 0.05) is 14.6 Å². The number of halogens is 2. The lowest BCUT2D eigenvalue weighted by Gasteiger charge is -2.40. The third-order valence-electron chi connectivity index (χ3n) is 6.88. The molecule has 0 aliphatic heterocycles. The zero-order valence-corrected chi connectivity index (χ0v) is 19.9. The van der Waals surface area contributed by atoms with Crippen LogP contribution in [0.15, 0.2) is 48.5 Å². The van der Waals surface area contributed by atoms with Gasteiger partial charge in [-0.05, 0) is 61.1 Å². The number of benzene rings is 2. The van der Waals surface area contributed by atoms with Crippen LogP contribution in [0.2, 0.25) is 10.0 Å². The van der Waals surface area contributed by atoms with E-state index in [9.17, 15) is 14.2 Å². The Balaban J connectivity index is 1.31. The summed E-state index contributed by atoms with van der Waals surface area (Å²) < 4.78 is 22.7. The topological polar surface area (TPSA) is 69.7 Å². The Hall–Kier alpha value is -1.62. The Morgan fingerprint density at radius 1 is 0.719 bits per heavy atom. The average Bonchev–Trinajstić information content (AvgIpc) is 2.72. The van der Waals surface area contributed by atoms with Crippen LogP contribution in [-0.2, 0) is 34.0 Å². The van der Waals surface area contributed by atoms with Crippen LogP contribution in [-0.4, -0.2) is 24.8 Å². The summed E-state index contributed by atoms with van der Waals surface area (Å²) in [6.45, 7) is -0.650. The molecule has 4 rings (SSSR count). The lowest BCUT2D eigenvalue weighted by Crippen LogP contribution is -2.44. The number of Topliss-reactive ketones (excluding diaryl/α,β-unsaturated/α-hetero) is 2. The number of ketones is 2. The predicted molar refractivity (Wildman–Crippen MR) is 123 cm³/mol. The smallest absolute Gasteiger partial charge is 0.296 e. The van der Waals surface area contributed by atoms with E-state index in [0.29, 0.717) is 10.0 Å². The molecule has 2 aromatic rings. The summed E-state index contributed by atoms with van der Waals surface area (Å²) in [5.74, 6) is -0.276. The number of carbonyl (C=O) groups excluding carboxylic acids is 2. The molecule has 0 amide bonds. The van der Waals surface area contributed by atoms with Gasteiger partial charge in [0.1, 0.15) is 0 Å². The van der Waals surface area contributed by atoms with Gasteiger partial charge in [-0.25, -0.2) is 0 Å². The minimum absolute atomic E-state index is 0.138. The van der Waals surface area contributed by atoms with E-state index >= 15 is 0 Å². The van der Waals surface area contributed by atoms with Crippen molar-refractivity contribution in [2.45, 2.75) is 49.4 Å². The fraction of sp³-hybridized carbons (Fsp3) is 0.417. The van der Waals surface area contributed by atoms with Crippen LogP contribution in [0.1, 0.15) is 49.7 Å². The van der Waals surface area contributed by atoms with E-state index in [1.54, 1.807) is 24.3 Å². The SMILES string of the molecule is O=C(CO[P+](=O)OCC(=O)C1(c2ccc(Cl)cc2)CCC1)C1(c2ccc(Cl)cc2)CCC1.